The van der Waals surface area contributed by atoms with Crippen LogP contribution in [0.3, 0.4) is 0 Å². The molecule has 0 amide bonds. The zero-order valence-corrected chi connectivity index (χ0v) is 12.9. The molecular weight excluding hydrogens is 248 g/mol. The Kier molecular flexibility index (Phi) is 6.27. The quantitative estimate of drug-likeness (QED) is 0.773. The third kappa shape index (κ3) is 4.18. The van der Waals surface area contributed by atoms with Gasteiger partial charge in [0.1, 0.15) is 0 Å². The first-order valence-electron chi connectivity index (χ1n) is 7.96. The predicted molar refractivity (Wildman–Crippen MR) is 85.2 cm³/mol. The van der Waals surface area contributed by atoms with Crippen molar-refractivity contribution in [1.82, 2.24) is 15.2 Å². The van der Waals surface area contributed by atoms with Gasteiger partial charge < -0.3 is 10.2 Å². The van der Waals surface area contributed by atoms with Crippen molar-refractivity contribution in [2.24, 2.45) is 0 Å². The second-order valence-corrected chi connectivity index (χ2v) is 5.51. The van der Waals surface area contributed by atoms with Crippen LogP contribution in [-0.2, 0) is 6.54 Å². The Morgan fingerprint density at radius 3 is 2.65 bits per heavy atom. The van der Waals surface area contributed by atoms with Gasteiger partial charge in [-0.2, -0.15) is 0 Å². The van der Waals surface area contributed by atoms with Crippen LogP contribution in [0.4, 0.5) is 5.69 Å². The summed E-state index contributed by atoms with van der Waals surface area (Å²) in [6, 6.07) is 2.17. The van der Waals surface area contributed by atoms with E-state index in [-0.39, 0.29) is 0 Å². The molecular formula is C16H28N4. The third-order valence-corrected chi connectivity index (χ3v) is 3.87. The normalized spacial score (nSPS) is 16.6. The van der Waals surface area contributed by atoms with Gasteiger partial charge in [-0.1, -0.05) is 13.8 Å². The highest BCUT2D eigenvalue weighted by atomic mass is 15.3. The van der Waals surface area contributed by atoms with Crippen LogP contribution in [0, 0.1) is 0 Å². The molecule has 20 heavy (non-hydrogen) atoms. The second kappa shape index (κ2) is 8.22. The lowest BCUT2D eigenvalue weighted by Crippen LogP contribution is -2.46. The fourth-order valence-corrected chi connectivity index (χ4v) is 2.79. The van der Waals surface area contributed by atoms with Gasteiger partial charge in [0.2, 0.25) is 0 Å². The fourth-order valence-electron chi connectivity index (χ4n) is 2.79. The number of piperazine rings is 1. The van der Waals surface area contributed by atoms with E-state index in [4.69, 9.17) is 0 Å². The highest BCUT2D eigenvalue weighted by molar-refractivity contribution is 5.52. The Labute approximate surface area is 123 Å². The summed E-state index contributed by atoms with van der Waals surface area (Å²) in [5.74, 6) is 0. The maximum Gasteiger partial charge on any atom is 0.0443 e. The molecule has 0 radical (unpaired) electrons. The standard InChI is InChI=1S/C16H28N4/c1-3-6-17-13-15-14-18-7-5-16(15)20-11-9-19(8-4-2)10-12-20/h5,7,14,17H,3-4,6,8-13H2,1-2H3. The van der Waals surface area contributed by atoms with Gasteiger partial charge in [-0.3, -0.25) is 9.88 Å². The van der Waals surface area contributed by atoms with E-state index >= 15 is 0 Å². The fraction of sp³-hybridized carbons (Fsp3) is 0.688. The molecule has 1 aliphatic rings. The number of hydrogen-bond acceptors (Lipinski definition) is 4. The number of nitrogens with one attached hydrogen (secondary N) is 1. The van der Waals surface area contributed by atoms with E-state index in [0.29, 0.717) is 0 Å². The summed E-state index contributed by atoms with van der Waals surface area (Å²) in [7, 11) is 0. The van der Waals surface area contributed by atoms with Crippen LogP contribution in [0.15, 0.2) is 18.5 Å². The molecule has 1 fully saturated rings. The van der Waals surface area contributed by atoms with Gasteiger partial charge in [-0.25, -0.2) is 0 Å². The molecule has 1 aliphatic heterocycles. The smallest absolute Gasteiger partial charge is 0.0443 e. The van der Waals surface area contributed by atoms with Crippen LogP contribution in [0.5, 0.6) is 0 Å². The summed E-state index contributed by atoms with van der Waals surface area (Å²) in [5, 5.41) is 3.48. The number of rotatable bonds is 7. The zero-order valence-electron chi connectivity index (χ0n) is 12.9. The average Bonchev–Trinajstić information content (AvgIpc) is 2.49. The van der Waals surface area contributed by atoms with E-state index < -0.39 is 0 Å². The van der Waals surface area contributed by atoms with Crippen LogP contribution in [-0.4, -0.2) is 49.2 Å². The minimum Gasteiger partial charge on any atom is -0.369 e. The van der Waals surface area contributed by atoms with Gasteiger partial charge in [0.05, 0.1) is 0 Å². The highest BCUT2D eigenvalue weighted by Gasteiger charge is 2.18. The monoisotopic (exact) mass is 276 g/mol. The average molecular weight is 276 g/mol. The van der Waals surface area contributed by atoms with Crippen LogP contribution in [0.25, 0.3) is 0 Å². The molecule has 0 unspecified atom stereocenters. The number of aromatic nitrogens is 1. The summed E-state index contributed by atoms with van der Waals surface area (Å²) < 4.78 is 0. The lowest BCUT2D eigenvalue weighted by Gasteiger charge is -2.36. The highest BCUT2D eigenvalue weighted by Crippen LogP contribution is 2.20. The Balaban J connectivity index is 1.95. The molecule has 1 N–H and O–H groups in total. The van der Waals surface area contributed by atoms with E-state index in [0.717, 1.165) is 26.2 Å². The van der Waals surface area contributed by atoms with Crippen LogP contribution >= 0.6 is 0 Å². The number of anilines is 1. The van der Waals surface area contributed by atoms with Crippen molar-refractivity contribution in [2.75, 3.05) is 44.2 Å². The molecule has 112 valence electrons. The van der Waals surface area contributed by atoms with Gasteiger partial charge in [-0.15, -0.1) is 0 Å². The molecule has 2 rings (SSSR count). The molecule has 0 aliphatic carbocycles. The number of pyridine rings is 1. The molecule has 0 aromatic carbocycles. The first-order valence-corrected chi connectivity index (χ1v) is 7.96. The van der Waals surface area contributed by atoms with Gasteiger partial charge in [-0.05, 0) is 32.0 Å². The lowest BCUT2D eigenvalue weighted by atomic mass is 10.2. The summed E-state index contributed by atoms with van der Waals surface area (Å²) in [6.07, 6.45) is 6.35. The summed E-state index contributed by atoms with van der Waals surface area (Å²) in [5.41, 5.74) is 2.68. The molecule has 4 heteroatoms. The first kappa shape index (κ1) is 15.3. The minimum atomic E-state index is 0.923. The molecule has 0 saturated carbocycles. The molecule has 1 aromatic rings. The van der Waals surface area contributed by atoms with Crippen LogP contribution < -0.4 is 10.2 Å². The lowest BCUT2D eigenvalue weighted by molar-refractivity contribution is 0.258. The summed E-state index contributed by atoms with van der Waals surface area (Å²) >= 11 is 0. The number of hydrogen-bond donors (Lipinski definition) is 1. The Morgan fingerprint density at radius 2 is 1.95 bits per heavy atom. The minimum absolute atomic E-state index is 0.923. The predicted octanol–water partition coefficient (Wildman–Crippen LogP) is 2.11. The zero-order chi connectivity index (χ0) is 14.2. The Bertz CT molecular complexity index is 386. The van der Waals surface area contributed by atoms with Crippen molar-refractivity contribution >= 4 is 5.69 Å². The van der Waals surface area contributed by atoms with Crippen molar-refractivity contribution in [3.8, 4) is 0 Å². The Morgan fingerprint density at radius 1 is 1.15 bits per heavy atom. The largest absolute Gasteiger partial charge is 0.369 e. The van der Waals surface area contributed by atoms with Crippen molar-refractivity contribution in [3.05, 3.63) is 24.0 Å². The number of nitrogens with zero attached hydrogens (tertiary/aromatic N) is 3. The summed E-state index contributed by atoms with van der Waals surface area (Å²) in [6.45, 7) is 12.3. The first-order chi connectivity index (χ1) is 9.85. The molecule has 1 saturated heterocycles. The van der Waals surface area contributed by atoms with Gasteiger partial charge >= 0.3 is 0 Å². The molecule has 2 heterocycles. The van der Waals surface area contributed by atoms with E-state index in [1.165, 1.54) is 43.7 Å². The molecule has 0 atom stereocenters. The van der Waals surface area contributed by atoms with Crippen molar-refractivity contribution < 1.29 is 0 Å². The van der Waals surface area contributed by atoms with Gasteiger partial charge in [0, 0.05) is 56.4 Å². The van der Waals surface area contributed by atoms with Gasteiger partial charge in [0.25, 0.3) is 0 Å². The topological polar surface area (TPSA) is 31.4 Å². The van der Waals surface area contributed by atoms with Crippen LogP contribution in [0.1, 0.15) is 32.3 Å². The molecule has 4 nitrogen and oxygen atoms in total. The van der Waals surface area contributed by atoms with E-state index in [1.54, 1.807) is 0 Å². The van der Waals surface area contributed by atoms with Gasteiger partial charge in [0.15, 0.2) is 0 Å². The summed E-state index contributed by atoms with van der Waals surface area (Å²) in [4.78, 5) is 9.36. The van der Waals surface area contributed by atoms with E-state index in [2.05, 4.69) is 40.0 Å². The third-order valence-electron chi connectivity index (χ3n) is 3.87. The maximum atomic E-state index is 4.29. The van der Waals surface area contributed by atoms with E-state index in [1.807, 2.05) is 12.4 Å². The Hall–Kier alpha value is -1.13. The molecule has 1 aromatic heterocycles. The van der Waals surface area contributed by atoms with Crippen molar-refractivity contribution in [1.29, 1.82) is 0 Å². The SMILES string of the molecule is CCCNCc1cnccc1N1CCN(CCC)CC1. The molecule has 0 bridgehead atoms. The maximum absolute atomic E-state index is 4.29. The van der Waals surface area contributed by atoms with Crippen molar-refractivity contribution in [3.63, 3.8) is 0 Å². The second-order valence-electron chi connectivity index (χ2n) is 5.51. The van der Waals surface area contributed by atoms with E-state index in [9.17, 15) is 0 Å². The molecule has 0 spiro atoms. The van der Waals surface area contributed by atoms with Crippen molar-refractivity contribution in [2.45, 2.75) is 33.2 Å². The van der Waals surface area contributed by atoms with Crippen LogP contribution in [0.2, 0.25) is 0 Å².